The molecule has 2 amide bonds. The minimum Gasteiger partial charge on any atom is -0.387 e. The Morgan fingerprint density at radius 1 is 1.30 bits per heavy atom. The number of rotatable bonds is 4. The van der Waals surface area contributed by atoms with Crippen molar-refractivity contribution in [3.05, 3.63) is 53.6 Å². The third-order valence-electron chi connectivity index (χ3n) is 2.53. The van der Waals surface area contributed by atoms with Crippen LogP contribution in [-0.2, 0) is 0 Å². The van der Waals surface area contributed by atoms with Gasteiger partial charge in [-0.15, -0.1) is 0 Å². The molecule has 1 unspecified atom stereocenters. The molecule has 20 heavy (non-hydrogen) atoms. The summed E-state index contributed by atoms with van der Waals surface area (Å²) in [5, 5.41) is 15.3. The Bertz CT molecular complexity index is 580. The summed E-state index contributed by atoms with van der Waals surface area (Å²) in [6, 6.07) is 6.09. The van der Waals surface area contributed by atoms with Crippen LogP contribution in [-0.4, -0.2) is 27.7 Å². The van der Waals surface area contributed by atoms with E-state index in [-0.39, 0.29) is 6.54 Å². The Balaban J connectivity index is 1.83. The molecular formula is C13H13ClN4O2. The van der Waals surface area contributed by atoms with Crippen LogP contribution in [0.25, 0.3) is 0 Å². The number of aromatic nitrogens is 2. The van der Waals surface area contributed by atoms with E-state index in [1.807, 2.05) is 0 Å². The number of halogens is 1. The highest BCUT2D eigenvalue weighted by molar-refractivity contribution is 6.29. The average molecular weight is 293 g/mol. The van der Waals surface area contributed by atoms with Gasteiger partial charge >= 0.3 is 6.03 Å². The fourth-order valence-electron chi connectivity index (χ4n) is 1.55. The zero-order valence-corrected chi connectivity index (χ0v) is 11.2. The maximum atomic E-state index is 11.7. The molecule has 2 rings (SSSR count). The van der Waals surface area contributed by atoms with Crippen molar-refractivity contribution in [2.75, 3.05) is 11.9 Å². The molecule has 2 heterocycles. The summed E-state index contributed by atoms with van der Waals surface area (Å²) >= 11 is 5.71. The van der Waals surface area contributed by atoms with Crippen LogP contribution in [0.3, 0.4) is 0 Å². The van der Waals surface area contributed by atoms with E-state index in [1.54, 1.807) is 30.6 Å². The molecule has 2 aromatic rings. The van der Waals surface area contributed by atoms with Gasteiger partial charge < -0.3 is 15.7 Å². The lowest BCUT2D eigenvalue weighted by atomic mass is 10.1. The van der Waals surface area contributed by atoms with E-state index < -0.39 is 12.1 Å². The summed E-state index contributed by atoms with van der Waals surface area (Å²) in [6.45, 7) is 0.0919. The number of pyridine rings is 2. The number of urea groups is 1. The van der Waals surface area contributed by atoms with Gasteiger partial charge in [-0.1, -0.05) is 11.6 Å². The molecule has 104 valence electrons. The Kier molecular flexibility index (Phi) is 4.86. The third kappa shape index (κ3) is 4.18. The highest BCUT2D eigenvalue weighted by Gasteiger charge is 2.09. The third-order valence-corrected chi connectivity index (χ3v) is 2.74. The number of hydrogen-bond acceptors (Lipinski definition) is 4. The van der Waals surface area contributed by atoms with Crippen LogP contribution in [0.2, 0.25) is 5.15 Å². The van der Waals surface area contributed by atoms with Gasteiger partial charge in [-0.05, 0) is 29.8 Å². The predicted octanol–water partition coefficient (Wildman–Crippen LogP) is 1.99. The highest BCUT2D eigenvalue weighted by Crippen LogP contribution is 2.12. The molecule has 2 aromatic heterocycles. The number of carbonyl (C=O) groups is 1. The van der Waals surface area contributed by atoms with Crippen molar-refractivity contribution >= 4 is 23.3 Å². The van der Waals surface area contributed by atoms with Crippen molar-refractivity contribution in [1.82, 2.24) is 15.3 Å². The topological polar surface area (TPSA) is 87.1 Å². The molecule has 6 nitrogen and oxygen atoms in total. The van der Waals surface area contributed by atoms with Gasteiger partial charge in [0.25, 0.3) is 0 Å². The van der Waals surface area contributed by atoms with Crippen LogP contribution in [0.5, 0.6) is 0 Å². The van der Waals surface area contributed by atoms with Gasteiger partial charge in [0.15, 0.2) is 0 Å². The standard InChI is InChI=1S/C13H13ClN4O2/c14-12-7-10(3-6-16-12)18-13(20)17-8-11(19)9-1-4-15-5-2-9/h1-7,11,19H,8H2,(H2,16,17,18,20). The van der Waals surface area contributed by atoms with Gasteiger partial charge in [-0.2, -0.15) is 0 Å². The molecule has 0 aliphatic rings. The van der Waals surface area contributed by atoms with Gasteiger partial charge in [0.1, 0.15) is 5.15 Å². The molecule has 1 atom stereocenters. The van der Waals surface area contributed by atoms with Gasteiger partial charge in [0.2, 0.25) is 0 Å². The smallest absolute Gasteiger partial charge is 0.319 e. The Hall–Kier alpha value is -2.18. The van der Waals surface area contributed by atoms with Gasteiger partial charge in [-0.25, -0.2) is 9.78 Å². The molecule has 0 saturated carbocycles. The van der Waals surface area contributed by atoms with E-state index in [2.05, 4.69) is 20.6 Å². The van der Waals surface area contributed by atoms with Crippen LogP contribution >= 0.6 is 11.6 Å². The second-order valence-corrected chi connectivity index (χ2v) is 4.39. The molecule has 0 aliphatic heterocycles. The van der Waals surface area contributed by atoms with Crippen LogP contribution < -0.4 is 10.6 Å². The minimum absolute atomic E-state index is 0.0919. The second kappa shape index (κ2) is 6.83. The van der Waals surface area contributed by atoms with E-state index in [4.69, 9.17) is 11.6 Å². The molecule has 0 fully saturated rings. The first-order valence-electron chi connectivity index (χ1n) is 5.89. The van der Waals surface area contributed by atoms with Crippen molar-refractivity contribution in [3.63, 3.8) is 0 Å². The monoisotopic (exact) mass is 292 g/mol. The van der Waals surface area contributed by atoms with Crippen molar-refractivity contribution in [2.45, 2.75) is 6.10 Å². The predicted molar refractivity (Wildman–Crippen MR) is 75.5 cm³/mol. The summed E-state index contributed by atoms with van der Waals surface area (Å²) in [6.07, 6.45) is 3.86. The van der Waals surface area contributed by atoms with E-state index in [0.717, 1.165) is 0 Å². The summed E-state index contributed by atoms with van der Waals surface area (Å²) < 4.78 is 0. The number of aliphatic hydroxyl groups excluding tert-OH is 1. The molecule has 7 heteroatoms. The lowest BCUT2D eigenvalue weighted by Crippen LogP contribution is -2.32. The molecular weight excluding hydrogens is 280 g/mol. The second-order valence-electron chi connectivity index (χ2n) is 4.00. The zero-order valence-electron chi connectivity index (χ0n) is 10.5. The molecule has 0 aliphatic carbocycles. The van der Waals surface area contributed by atoms with E-state index >= 15 is 0 Å². The van der Waals surface area contributed by atoms with Crippen LogP contribution in [0.15, 0.2) is 42.9 Å². The van der Waals surface area contributed by atoms with Gasteiger partial charge in [-0.3, -0.25) is 4.98 Å². The number of hydrogen-bond donors (Lipinski definition) is 3. The van der Waals surface area contributed by atoms with Crippen LogP contribution in [0, 0.1) is 0 Å². The Labute approximate surface area is 120 Å². The Morgan fingerprint density at radius 2 is 2.05 bits per heavy atom. The summed E-state index contributed by atoms with van der Waals surface area (Å²) in [5.74, 6) is 0. The normalized spacial score (nSPS) is 11.7. The molecule has 0 bridgehead atoms. The van der Waals surface area contributed by atoms with Crippen molar-refractivity contribution < 1.29 is 9.90 Å². The van der Waals surface area contributed by atoms with Crippen molar-refractivity contribution in [3.8, 4) is 0 Å². The number of aliphatic hydroxyl groups is 1. The number of nitrogens with one attached hydrogen (secondary N) is 2. The minimum atomic E-state index is -0.787. The maximum absolute atomic E-state index is 11.7. The molecule has 0 saturated heterocycles. The van der Waals surface area contributed by atoms with Gasteiger partial charge in [0, 0.05) is 30.8 Å². The quantitative estimate of drug-likeness (QED) is 0.752. The lowest BCUT2D eigenvalue weighted by molar-refractivity contribution is 0.175. The summed E-state index contributed by atoms with van der Waals surface area (Å²) in [4.78, 5) is 19.3. The average Bonchev–Trinajstić information content (AvgIpc) is 2.46. The SMILES string of the molecule is O=C(NCC(O)c1ccncc1)Nc1ccnc(Cl)c1. The first-order chi connectivity index (χ1) is 9.65. The van der Waals surface area contributed by atoms with Crippen molar-refractivity contribution in [2.24, 2.45) is 0 Å². The number of anilines is 1. The highest BCUT2D eigenvalue weighted by atomic mass is 35.5. The number of nitrogens with zero attached hydrogens (tertiary/aromatic N) is 2. The van der Waals surface area contributed by atoms with Crippen LogP contribution in [0.1, 0.15) is 11.7 Å². The maximum Gasteiger partial charge on any atom is 0.319 e. The molecule has 0 spiro atoms. The molecule has 3 N–H and O–H groups in total. The van der Waals surface area contributed by atoms with Crippen LogP contribution in [0.4, 0.5) is 10.5 Å². The lowest BCUT2D eigenvalue weighted by Gasteiger charge is -2.12. The zero-order chi connectivity index (χ0) is 14.4. The number of carbonyl (C=O) groups excluding carboxylic acids is 1. The first kappa shape index (κ1) is 14.2. The van der Waals surface area contributed by atoms with Crippen molar-refractivity contribution in [1.29, 1.82) is 0 Å². The summed E-state index contributed by atoms with van der Waals surface area (Å²) in [7, 11) is 0. The summed E-state index contributed by atoms with van der Waals surface area (Å²) in [5.41, 5.74) is 1.22. The first-order valence-corrected chi connectivity index (χ1v) is 6.27. The van der Waals surface area contributed by atoms with E-state index in [1.165, 1.54) is 12.3 Å². The number of amides is 2. The van der Waals surface area contributed by atoms with Gasteiger partial charge in [0.05, 0.1) is 6.10 Å². The molecule has 0 radical (unpaired) electrons. The largest absolute Gasteiger partial charge is 0.387 e. The van der Waals surface area contributed by atoms with E-state index in [0.29, 0.717) is 16.4 Å². The fraction of sp³-hybridized carbons (Fsp3) is 0.154. The molecule has 0 aromatic carbocycles. The fourth-order valence-corrected chi connectivity index (χ4v) is 1.72. The Morgan fingerprint density at radius 3 is 2.75 bits per heavy atom. The van der Waals surface area contributed by atoms with E-state index in [9.17, 15) is 9.90 Å².